The summed E-state index contributed by atoms with van der Waals surface area (Å²) in [4.78, 5) is 10.7. The van der Waals surface area contributed by atoms with E-state index in [1.165, 1.54) is 6.92 Å². The molecule has 2 N–H and O–H groups in total. The normalized spacial score (nSPS) is 13.3. The lowest BCUT2D eigenvalue weighted by molar-refractivity contribution is -0.139. The van der Waals surface area contributed by atoms with Gasteiger partial charge < -0.3 is 5.11 Å². The molecule has 1 aromatic carbocycles. The fraction of sp³-hybridized carbons (Fsp3) is 0.364. The van der Waals surface area contributed by atoms with E-state index in [0.29, 0.717) is 0 Å². The molecule has 0 saturated carbocycles. The average Bonchev–Trinajstić information content (AvgIpc) is 2.24. The Morgan fingerprint density at radius 1 is 1.50 bits per heavy atom. The van der Waals surface area contributed by atoms with Gasteiger partial charge in [0.25, 0.3) is 0 Å². The maximum atomic E-state index is 12.9. The van der Waals surface area contributed by atoms with E-state index in [-0.39, 0.29) is 16.9 Å². The molecule has 1 atom stereocenters. The predicted octanol–water partition coefficient (Wildman–Crippen LogP) is 1.28. The smallest absolute Gasteiger partial charge is 0.321 e. The van der Waals surface area contributed by atoms with Crippen LogP contribution in [0.1, 0.15) is 18.9 Å². The number of hydrogen-bond acceptors (Lipinski definition) is 3. The van der Waals surface area contributed by atoms with Gasteiger partial charge in [-0.3, -0.25) is 4.79 Å². The zero-order valence-electron chi connectivity index (χ0n) is 9.97. The number of halogens is 1. The molecule has 7 heteroatoms. The summed E-state index contributed by atoms with van der Waals surface area (Å²) in [5.41, 5.74) is 0.225. The Balaban J connectivity index is 3.10. The lowest BCUT2D eigenvalue weighted by atomic mass is 10.2. The van der Waals surface area contributed by atoms with E-state index < -0.39 is 27.9 Å². The molecule has 1 aromatic rings. The second-order valence-corrected chi connectivity index (χ2v) is 5.51. The fourth-order valence-corrected chi connectivity index (χ4v) is 2.97. The standard InChI is InChI=1S/C11H14FNO4S/c1-3-9(11(14)15)13-18(16,17)10-5-4-8(12)6-7(10)2/h4-6,9,13H,3H2,1-2H3,(H,14,15). The monoisotopic (exact) mass is 275 g/mol. The van der Waals surface area contributed by atoms with E-state index >= 15 is 0 Å². The van der Waals surface area contributed by atoms with Crippen molar-refractivity contribution in [3.8, 4) is 0 Å². The first-order valence-corrected chi connectivity index (χ1v) is 6.77. The minimum absolute atomic E-state index is 0.120. The van der Waals surface area contributed by atoms with Gasteiger partial charge in [0.05, 0.1) is 4.90 Å². The minimum atomic E-state index is -3.96. The lowest BCUT2D eigenvalue weighted by Gasteiger charge is -2.14. The molecule has 0 heterocycles. The Kier molecular flexibility index (Phi) is 4.42. The van der Waals surface area contributed by atoms with Gasteiger partial charge in [-0.15, -0.1) is 0 Å². The highest BCUT2D eigenvalue weighted by molar-refractivity contribution is 7.89. The summed E-state index contributed by atoms with van der Waals surface area (Å²) in [5, 5.41) is 8.81. The molecule has 0 aliphatic heterocycles. The summed E-state index contributed by atoms with van der Waals surface area (Å²) in [6.07, 6.45) is 0.120. The van der Waals surface area contributed by atoms with Crippen molar-refractivity contribution in [1.82, 2.24) is 4.72 Å². The number of sulfonamides is 1. The van der Waals surface area contributed by atoms with E-state index in [2.05, 4.69) is 4.72 Å². The Labute approximate surface area is 105 Å². The number of aliphatic carboxylic acids is 1. The summed E-state index contributed by atoms with van der Waals surface area (Å²) in [6, 6.07) is 2.01. The van der Waals surface area contributed by atoms with E-state index in [1.54, 1.807) is 6.92 Å². The van der Waals surface area contributed by atoms with Gasteiger partial charge in [-0.1, -0.05) is 6.92 Å². The molecule has 100 valence electrons. The van der Waals surface area contributed by atoms with Crippen molar-refractivity contribution in [2.45, 2.75) is 31.2 Å². The van der Waals surface area contributed by atoms with Gasteiger partial charge in [0.15, 0.2) is 0 Å². The second kappa shape index (κ2) is 5.45. The molecule has 0 aliphatic rings. The van der Waals surface area contributed by atoms with Crippen LogP contribution >= 0.6 is 0 Å². The van der Waals surface area contributed by atoms with Crippen molar-refractivity contribution in [3.63, 3.8) is 0 Å². The molecular weight excluding hydrogens is 261 g/mol. The van der Waals surface area contributed by atoms with E-state index in [4.69, 9.17) is 5.11 Å². The molecule has 0 spiro atoms. The van der Waals surface area contributed by atoms with Crippen molar-refractivity contribution >= 4 is 16.0 Å². The highest BCUT2D eigenvalue weighted by atomic mass is 32.2. The summed E-state index contributed by atoms with van der Waals surface area (Å²) < 4.78 is 38.8. The number of rotatable bonds is 5. The fourth-order valence-electron chi connectivity index (χ4n) is 1.47. The zero-order valence-corrected chi connectivity index (χ0v) is 10.8. The molecule has 1 rings (SSSR count). The molecule has 0 aliphatic carbocycles. The number of carboxylic acid groups (broad SMARTS) is 1. The van der Waals surface area contributed by atoms with E-state index in [1.807, 2.05) is 0 Å². The summed E-state index contributed by atoms with van der Waals surface area (Å²) in [5.74, 6) is -1.79. The molecule has 1 unspecified atom stereocenters. The number of nitrogens with one attached hydrogen (secondary N) is 1. The largest absolute Gasteiger partial charge is 0.480 e. The maximum absolute atomic E-state index is 12.9. The average molecular weight is 275 g/mol. The summed E-state index contributed by atoms with van der Waals surface area (Å²) in [7, 11) is -3.96. The predicted molar refractivity (Wildman–Crippen MR) is 63.2 cm³/mol. The second-order valence-electron chi connectivity index (χ2n) is 3.83. The first-order chi connectivity index (χ1) is 8.27. The topological polar surface area (TPSA) is 83.5 Å². The SMILES string of the molecule is CCC(NS(=O)(=O)c1ccc(F)cc1C)C(=O)O. The van der Waals surface area contributed by atoms with Gasteiger partial charge in [0.2, 0.25) is 10.0 Å². The number of carbonyl (C=O) groups is 1. The minimum Gasteiger partial charge on any atom is -0.480 e. The van der Waals surface area contributed by atoms with Crippen molar-refractivity contribution < 1.29 is 22.7 Å². The number of aryl methyl sites for hydroxylation is 1. The van der Waals surface area contributed by atoms with Crippen LogP contribution in [0.4, 0.5) is 4.39 Å². The van der Waals surface area contributed by atoms with Crippen LogP contribution < -0.4 is 4.72 Å². The van der Waals surface area contributed by atoms with Crippen LogP contribution in [0, 0.1) is 12.7 Å². The van der Waals surface area contributed by atoms with Crippen molar-refractivity contribution in [2.24, 2.45) is 0 Å². The molecule has 0 saturated heterocycles. The molecule has 0 fully saturated rings. The summed E-state index contributed by atoms with van der Waals surface area (Å²) >= 11 is 0. The van der Waals surface area contributed by atoms with Gasteiger partial charge in [-0.25, -0.2) is 12.8 Å². The van der Waals surface area contributed by atoms with Crippen LogP contribution in [0.2, 0.25) is 0 Å². The number of benzene rings is 1. The van der Waals surface area contributed by atoms with Gasteiger partial charge in [0, 0.05) is 0 Å². The molecule has 0 aromatic heterocycles. The Hall–Kier alpha value is -1.47. The highest BCUT2D eigenvalue weighted by Crippen LogP contribution is 2.16. The molecule has 0 bridgehead atoms. The van der Waals surface area contributed by atoms with Crippen molar-refractivity contribution in [2.75, 3.05) is 0 Å². The van der Waals surface area contributed by atoms with Gasteiger partial charge in [-0.05, 0) is 37.1 Å². The van der Waals surface area contributed by atoms with E-state index in [9.17, 15) is 17.6 Å². The Morgan fingerprint density at radius 2 is 2.11 bits per heavy atom. The summed E-state index contributed by atoms with van der Waals surface area (Å²) in [6.45, 7) is 3.00. The van der Waals surface area contributed by atoms with Crippen LogP contribution in [-0.2, 0) is 14.8 Å². The quantitative estimate of drug-likeness (QED) is 0.847. The maximum Gasteiger partial charge on any atom is 0.321 e. The molecule has 0 radical (unpaired) electrons. The number of hydrogen-bond donors (Lipinski definition) is 2. The van der Waals surface area contributed by atoms with Crippen molar-refractivity contribution in [3.05, 3.63) is 29.6 Å². The van der Waals surface area contributed by atoms with Gasteiger partial charge in [-0.2, -0.15) is 4.72 Å². The molecule has 18 heavy (non-hydrogen) atoms. The molecular formula is C11H14FNO4S. The van der Waals surface area contributed by atoms with Crippen LogP contribution in [0.25, 0.3) is 0 Å². The van der Waals surface area contributed by atoms with Gasteiger partial charge >= 0.3 is 5.97 Å². The van der Waals surface area contributed by atoms with Crippen LogP contribution in [0.15, 0.2) is 23.1 Å². The lowest BCUT2D eigenvalue weighted by Crippen LogP contribution is -2.40. The van der Waals surface area contributed by atoms with Crippen LogP contribution in [0.5, 0.6) is 0 Å². The Morgan fingerprint density at radius 3 is 2.56 bits per heavy atom. The number of carboxylic acids is 1. The third-order valence-corrected chi connectivity index (χ3v) is 4.06. The van der Waals surface area contributed by atoms with E-state index in [0.717, 1.165) is 18.2 Å². The highest BCUT2D eigenvalue weighted by Gasteiger charge is 2.25. The van der Waals surface area contributed by atoms with Gasteiger partial charge in [0.1, 0.15) is 11.9 Å². The Bertz CT molecular complexity index is 556. The zero-order chi connectivity index (χ0) is 13.9. The first-order valence-electron chi connectivity index (χ1n) is 5.29. The van der Waals surface area contributed by atoms with Crippen LogP contribution in [-0.4, -0.2) is 25.5 Å². The molecule has 5 nitrogen and oxygen atoms in total. The van der Waals surface area contributed by atoms with Crippen LogP contribution in [0.3, 0.4) is 0 Å². The third-order valence-electron chi connectivity index (χ3n) is 2.43. The van der Waals surface area contributed by atoms with Crippen molar-refractivity contribution in [1.29, 1.82) is 0 Å². The first kappa shape index (κ1) is 14.6. The molecule has 0 amide bonds. The third kappa shape index (κ3) is 3.27.